The van der Waals surface area contributed by atoms with Gasteiger partial charge in [-0.15, -0.1) is 0 Å². The number of ether oxygens (including phenoxy) is 1. The number of anilines is 1. The molecule has 2 aromatic rings. The lowest BCUT2D eigenvalue weighted by molar-refractivity contribution is 0.0690. The second-order valence-electron chi connectivity index (χ2n) is 6.73. The van der Waals surface area contributed by atoms with Crippen LogP contribution >= 0.6 is 0 Å². The molecule has 1 aromatic heterocycles. The van der Waals surface area contributed by atoms with Gasteiger partial charge in [-0.1, -0.05) is 6.07 Å². The molecule has 1 atom stereocenters. The van der Waals surface area contributed by atoms with Gasteiger partial charge in [0, 0.05) is 24.7 Å². The lowest BCUT2D eigenvalue weighted by Gasteiger charge is -2.17. The SMILES string of the molecule is Cc1cc(C)cc(OCC2CCN(c3nc(C)cc(C(=O)O)n3)C2)c1. The van der Waals surface area contributed by atoms with E-state index in [9.17, 15) is 4.79 Å². The van der Waals surface area contributed by atoms with E-state index in [1.165, 1.54) is 17.2 Å². The number of hydrogen-bond donors (Lipinski definition) is 1. The van der Waals surface area contributed by atoms with E-state index in [-0.39, 0.29) is 5.69 Å². The Labute approximate surface area is 147 Å². The minimum Gasteiger partial charge on any atom is -0.493 e. The van der Waals surface area contributed by atoms with Gasteiger partial charge in [0.25, 0.3) is 0 Å². The maximum absolute atomic E-state index is 11.2. The first kappa shape index (κ1) is 17.2. The van der Waals surface area contributed by atoms with Crippen LogP contribution in [0.4, 0.5) is 5.95 Å². The summed E-state index contributed by atoms with van der Waals surface area (Å²) in [6.45, 7) is 8.13. The first-order valence-electron chi connectivity index (χ1n) is 8.46. The molecule has 0 amide bonds. The lowest BCUT2D eigenvalue weighted by Crippen LogP contribution is -2.24. The summed E-state index contributed by atoms with van der Waals surface area (Å²) in [6.07, 6.45) is 0.977. The minimum atomic E-state index is -1.03. The van der Waals surface area contributed by atoms with Crippen LogP contribution in [0.15, 0.2) is 24.3 Å². The van der Waals surface area contributed by atoms with Crippen molar-refractivity contribution in [1.82, 2.24) is 9.97 Å². The highest BCUT2D eigenvalue weighted by molar-refractivity contribution is 5.85. The molecular weight excluding hydrogens is 318 g/mol. The molecule has 0 radical (unpaired) electrons. The molecule has 1 aliphatic rings. The summed E-state index contributed by atoms with van der Waals surface area (Å²) in [5.74, 6) is 0.737. The molecule has 1 aliphatic heterocycles. The molecule has 1 unspecified atom stereocenters. The number of benzene rings is 1. The second-order valence-corrected chi connectivity index (χ2v) is 6.73. The summed E-state index contributed by atoms with van der Waals surface area (Å²) in [6, 6.07) is 7.70. The Morgan fingerprint density at radius 1 is 1.20 bits per heavy atom. The third-order valence-electron chi connectivity index (χ3n) is 4.31. The van der Waals surface area contributed by atoms with Crippen LogP contribution in [0.1, 0.15) is 33.7 Å². The van der Waals surface area contributed by atoms with Gasteiger partial charge < -0.3 is 14.7 Å². The molecule has 0 saturated carbocycles. The number of carboxylic acid groups (broad SMARTS) is 1. The number of rotatable bonds is 5. The molecular formula is C19H23N3O3. The van der Waals surface area contributed by atoms with Gasteiger partial charge in [-0.2, -0.15) is 0 Å². The van der Waals surface area contributed by atoms with Crippen LogP contribution in [-0.2, 0) is 0 Å². The normalized spacial score (nSPS) is 16.9. The molecule has 3 rings (SSSR count). The molecule has 1 aromatic carbocycles. The summed E-state index contributed by atoms with van der Waals surface area (Å²) in [5.41, 5.74) is 3.09. The number of carboxylic acids is 1. The predicted molar refractivity (Wildman–Crippen MR) is 95.5 cm³/mol. The first-order valence-corrected chi connectivity index (χ1v) is 8.46. The summed E-state index contributed by atoms with van der Waals surface area (Å²) < 4.78 is 5.96. The van der Waals surface area contributed by atoms with E-state index in [4.69, 9.17) is 9.84 Å². The molecule has 6 nitrogen and oxygen atoms in total. The van der Waals surface area contributed by atoms with Crippen molar-refractivity contribution in [2.75, 3.05) is 24.6 Å². The van der Waals surface area contributed by atoms with E-state index in [1.54, 1.807) is 6.92 Å². The fourth-order valence-electron chi connectivity index (χ4n) is 3.18. The molecule has 132 valence electrons. The molecule has 0 bridgehead atoms. The highest BCUT2D eigenvalue weighted by Gasteiger charge is 2.26. The maximum atomic E-state index is 11.2. The van der Waals surface area contributed by atoms with E-state index >= 15 is 0 Å². The highest BCUT2D eigenvalue weighted by atomic mass is 16.5. The van der Waals surface area contributed by atoms with Crippen molar-refractivity contribution in [2.24, 2.45) is 5.92 Å². The van der Waals surface area contributed by atoms with E-state index in [1.807, 2.05) is 17.0 Å². The Morgan fingerprint density at radius 3 is 2.60 bits per heavy atom. The van der Waals surface area contributed by atoms with Gasteiger partial charge in [0.2, 0.25) is 5.95 Å². The van der Waals surface area contributed by atoms with Crippen LogP contribution in [0, 0.1) is 26.7 Å². The third-order valence-corrected chi connectivity index (χ3v) is 4.31. The fraction of sp³-hybridized carbons (Fsp3) is 0.421. The minimum absolute atomic E-state index is 0.0393. The third kappa shape index (κ3) is 4.26. The zero-order chi connectivity index (χ0) is 18.0. The van der Waals surface area contributed by atoms with E-state index in [0.29, 0.717) is 24.2 Å². The standard InChI is InChI=1S/C19H23N3O3/c1-12-6-13(2)8-16(7-12)25-11-15-4-5-22(10-15)19-20-14(3)9-17(21-19)18(23)24/h6-9,15H,4-5,10-11H2,1-3H3,(H,23,24). The molecule has 0 aliphatic carbocycles. The zero-order valence-corrected chi connectivity index (χ0v) is 14.8. The van der Waals surface area contributed by atoms with Gasteiger partial charge in [0.15, 0.2) is 5.69 Å². The van der Waals surface area contributed by atoms with Crippen LogP contribution in [0.25, 0.3) is 0 Å². The summed E-state index contributed by atoms with van der Waals surface area (Å²) in [5, 5.41) is 9.15. The fourth-order valence-corrected chi connectivity index (χ4v) is 3.18. The quantitative estimate of drug-likeness (QED) is 0.901. The van der Waals surface area contributed by atoms with Crippen LogP contribution in [0.5, 0.6) is 5.75 Å². The van der Waals surface area contributed by atoms with E-state index in [2.05, 4.69) is 29.9 Å². The number of hydrogen-bond acceptors (Lipinski definition) is 5. The summed E-state index contributed by atoms with van der Waals surface area (Å²) >= 11 is 0. The summed E-state index contributed by atoms with van der Waals surface area (Å²) in [7, 11) is 0. The van der Waals surface area contributed by atoms with Crippen molar-refractivity contribution in [2.45, 2.75) is 27.2 Å². The monoisotopic (exact) mass is 341 g/mol. The van der Waals surface area contributed by atoms with Crippen molar-refractivity contribution in [3.8, 4) is 5.75 Å². The smallest absolute Gasteiger partial charge is 0.354 e. The maximum Gasteiger partial charge on any atom is 0.354 e. The Hall–Kier alpha value is -2.63. The van der Waals surface area contributed by atoms with Gasteiger partial charge in [-0.05, 0) is 56.5 Å². The van der Waals surface area contributed by atoms with Gasteiger partial charge in [0.1, 0.15) is 5.75 Å². The average molecular weight is 341 g/mol. The molecule has 6 heteroatoms. The van der Waals surface area contributed by atoms with E-state index < -0.39 is 5.97 Å². The van der Waals surface area contributed by atoms with Gasteiger partial charge >= 0.3 is 5.97 Å². The van der Waals surface area contributed by atoms with E-state index in [0.717, 1.165) is 25.3 Å². The van der Waals surface area contributed by atoms with Crippen LogP contribution in [0.3, 0.4) is 0 Å². The van der Waals surface area contributed by atoms with Crippen molar-refractivity contribution < 1.29 is 14.6 Å². The van der Waals surface area contributed by atoms with Gasteiger partial charge in [-0.3, -0.25) is 0 Å². The molecule has 2 heterocycles. The van der Waals surface area contributed by atoms with Gasteiger partial charge in [-0.25, -0.2) is 14.8 Å². The number of carbonyl (C=O) groups is 1. The Kier molecular flexibility index (Phi) is 4.88. The van der Waals surface area contributed by atoms with Crippen molar-refractivity contribution in [3.05, 3.63) is 46.8 Å². The van der Waals surface area contributed by atoms with Crippen LogP contribution < -0.4 is 9.64 Å². The second kappa shape index (κ2) is 7.09. The van der Waals surface area contributed by atoms with Crippen LogP contribution in [-0.4, -0.2) is 40.7 Å². The Morgan fingerprint density at radius 2 is 1.92 bits per heavy atom. The highest BCUT2D eigenvalue weighted by Crippen LogP contribution is 2.23. The molecule has 1 N–H and O–H groups in total. The Bertz CT molecular complexity index is 771. The summed E-state index contributed by atoms with van der Waals surface area (Å²) in [4.78, 5) is 21.8. The molecule has 25 heavy (non-hydrogen) atoms. The number of nitrogens with zero attached hydrogens (tertiary/aromatic N) is 3. The average Bonchev–Trinajstić information content (AvgIpc) is 3.00. The number of aromatic nitrogens is 2. The topological polar surface area (TPSA) is 75.5 Å². The predicted octanol–water partition coefficient (Wildman–Crippen LogP) is 3.01. The molecule has 0 spiro atoms. The number of aryl methyl sites for hydroxylation is 3. The number of aromatic carboxylic acids is 1. The van der Waals surface area contributed by atoms with Crippen molar-refractivity contribution in [1.29, 1.82) is 0 Å². The largest absolute Gasteiger partial charge is 0.493 e. The van der Waals surface area contributed by atoms with Gasteiger partial charge in [0.05, 0.1) is 6.61 Å². The molecule has 1 fully saturated rings. The van der Waals surface area contributed by atoms with Crippen LogP contribution in [0.2, 0.25) is 0 Å². The first-order chi connectivity index (χ1) is 11.9. The van der Waals surface area contributed by atoms with Crippen molar-refractivity contribution in [3.63, 3.8) is 0 Å². The zero-order valence-electron chi connectivity index (χ0n) is 14.8. The Balaban J connectivity index is 1.63. The lowest BCUT2D eigenvalue weighted by atomic mass is 10.1. The molecule has 1 saturated heterocycles. The van der Waals surface area contributed by atoms with Crippen molar-refractivity contribution >= 4 is 11.9 Å².